The largest absolute Gasteiger partial charge is 0.448 e. The molecular formula is C41H36N2O7S4. The number of carbonyl (C=O) groups excluding carboxylic acids is 3. The number of carbonyl (C=O) groups is 3. The van der Waals surface area contributed by atoms with Crippen molar-refractivity contribution in [1.29, 1.82) is 0 Å². The highest BCUT2D eigenvalue weighted by Gasteiger charge is 2.55. The lowest BCUT2D eigenvalue weighted by atomic mass is 10.0. The molecule has 0 spiro atoms. The van der Waals surface area contributed by atoms with Gasteiger partial charge in [-0.2, -0.15) is 0 Å². The average molecular weight is 797 g/mol. The number of esters is 1. The topological polar surface area (TPSA) is 111 Å². The molecule has 2 saturated heterocycles. The average Bonchev–Trinajstić information content (AvgIpc) is 3.69. The number of amides is 2. The van der Waals surface area contributed by atoms with Crippen LogP contribution >= 0.6 is 46.2 Å². The molecule has 3 aromatic carbocycles. The molecule has 5 heterocycles. The van der Waals surface area contributed by atoms with Crippen LogP contribution in [-0.4, -0.2) is 52.7 Å². The van der Waals surface area contributed by atoms with E-state index in [-0.39, 0.29) is 30.1 Å². The molecule has 8 rings (SSSR count). The number of benzene rings is 3. The van der Waals surface area contributed by atoms with E-state index in [2.05, 4.69) is 5.32 Å². The summed E-state index contributed by atoms with van der Waals surface area (Å²) in [5, 5.41) is 4.30. The first-order chi connectivity index (χ1) is 26.4. The fourth-order valence-electron chi connectivity index (χ4n) is 6.68. The number of fused-ring (bicyclic) bond motifs is 2. The molecule has 1 N–H and O–H groups in total. The lowest BCUT2D eigenvalue weighted by Crippen LogP contribution is -2.70. The number of β-lactam (4-membered cyclic amide) rings is 1. The lowest BCUT2D eigenvalue weighted by Gasteiger charge is -2.49. The second-order valence-electron chi connectivity index (χ2n) is 13.0. The minimum absolute atomic E-state index is 0.0568. The van der Waals surface area contributed by atoms with Crippen LogP contribution in [0.5, 0.6) is 0 Å². The Hall–Kier alpha value is -4.24. The lowest BCUT2D eigenvalue weighted by molar-refractivity contribution is -0.169. The highest BCUT2D eigenvalue weighted by atomic mass is 32.2. The number of nitrogens with one attached hydrogen (secondary N) is 1. The Morgan fingerprint density at radius 1 is 0.926 bits per heavy atom. The van der Waals surface area contributed by atoms with Gasteiger partial charge in [0.05, 0.1) is 32.2 Å². The number of hydrogen-bond acceptors (Lipinski definition) is 11. The first-order valence-electron chi connectivity index (χ1n) is 17.7. The van der Waals surface area contributed by atoms with Crippen molar-refractivity contribution in [2.45, 2.75) is 60.3 Å². The van der Waals surface area contributed by atoms with Gasteiger partial charge in [0.2, 0.25) is 11.3 Å². The van der Waals surface area contributed by atoms with E-state index < -0.39 is 35.7 Å². The summed E-state index contributed by atoms with van der Waals surface area (Å²) in [6, 6.07) is 29.4. The summed E-state index contributed by atoms with van der Waals surface area (Å²) < 4.78 is 20.5. The Kier molecular flexibility index (Phi) is 11.3. The molecule has 54 heavy (non-hydrogen) atoms. The summed E-state index contributed by atoms with van der Waals surface area (Å²) in [6.45, 7) is 0.672. The molecule has 13 heteroatoms. The zero-order chi connectivity index (χ0) is 37.0. The summed E-state index contributed by atoms with van der Waals surface area (Å²) >= 11 is 5.62. The maximum absolute atomic E-state index is 14.6. The molecule has 0 aliphatic carbocycles. The van der Waals surface area contributed by atoms with Crippen molar-refractivity contribution in [3.05, 3.63) is 146 Å². The van der Waals surface area contributed by atoms with Crippen molar-refractivity contribution < 1.29 is 28.6 Å². The van der Waals surface area contributed by atoms with Crippen molar-refractivity contribution in [3.8, 4) is 0 Å². The highest BCUT2D eigenvalue weighted by molar-refractivity contribution is 8.07. The molecule has 3 aliphatic heterocycles. The molecule has 0 radical (unpaired) electrons. The number of thioether (sulfide) groups is 2. The molecule has 3 aliphatic rings. The van der Waals surface area contributed by atoms with E-state index >= 15 is 0 Å². The third-order valence-electron chi connectivity index (χ3n) is 9.41. The zero-order valence-corrected chi connectivity index (χ0v) is 32.3. The molecule has 0 saturated carbocycles. The van der Waals surface area contributed by atoms with E-state index in [0.717, 1.165) is 40.7 Å². The first kappa shape index (κ1) is 36.7. The summed E-state index contributed by atoms with van der Waals surface area (Å²) in [4.78, 5) is 57.7. The molecule has 2 amide bonds. The van der Waals surface area contributed by atoms with E-state index in [9.17, 15) is 19.2 Å². The second kappa shape index (κ2) is 16.6. The molecule has 5 aromatic rings. The quantitative estimate of drug-likeness (QED) is 0.101. The Labute approximate surface area is 328 Å². The van der Waals surface area contributed by atoms with E-state index in [4.69, 9.17) is 14.2 Å². The van der Waals surface area contributed by atoms with E-state index in [1.807, 2.05) is 102 Å². The van der Waals surface area contributed by atoms with Crippen LogP contribution in [0.4, 0.5) is 0 Å². The van der Waals surface area contributed by atoms with Gasteiger partial charge in [-0.25, -0.2) is 4.79 Å². The fraction of sp³-hybridized carbons (Fsp3) is 0.268. The molecule has 3 atom stereocenters. The van der Waals surface area contributed by atoms with Crippen LogP contribution in [0.15, 0.2) is 122 Å². The van der Waals surface area contributed by atoms with E-state index in [1.165, 1.54) is 51.1 Å². The van der Waals surface area contributed by atoms with Gasteiger partial charge in [0.1, 0.15) is 17.1 Å². The van der Waals surface area contributed by atoms with Gasteiger partial charge >= 0.3 is 5.97 Å². The van der Waals surface area contributed by atoms with Crippen molar-refractivity contribution in [1.82, 2.24) is 10.2 Å². The fourth-order valence-corrected chi connectivity index (χ4v) is 11.7. The Bertz CT molecular complexity index is 2200. The second-order valence-corrected chi connectivity index (χ2v) is 17.5. The maximum atomic E-state index is 14.6. The summed E-state index contributed by atoms with van der Waals surface area (Å²) in [7, 11) is 0. The number of thiophene rings is 1. The van der Waals surface area contributed by atoms with Gasteiger partial charge in [-0.15, -0.1) is 34.4 Å². The minimum atomic E-state index is -0.808. The zero-order valence-electron chi connectivity index (χ0n) is 29.0. The van der Waals surface area contributed by atoms with Crippen molar-refractivity contribution in [2.75, 3.05) is 12.4 Å². The molecule has 0 bridgehead atoms. The van der Waals surface area contributed by atoms with Gasteiger partial charge in [0.25, 0.3) is 5.91 Å². The summed E-state index contributed by atoms with van der Waals surface area (Å²) in [5.41, 5.74) is 2.89. The number of hydrogen-bond donors (Lipinski definition) is 1. The highest BCUT2D eigenvalue weighted by Crippen LogP contribution is 2.48. The molecule has 276 valence electrons. The normalized spacial score (nSPS) is 19.8. The molecular weight excluding hydrogens is 761 g/mol. The van der Waals surface area contributed by atoms with Crippen LogP contribution in [0.2, 0.25) is 0 Å². The van der Waals surface area contributed by atoms with Crippen LogP contribution in [0.3, 0.4) is 0 Å². The Morgan fingerprint density at radius 3 is 2.31 bits per heavy atom. The van der Waals surface area contributed by atoms with Crippen molar-refractivity contribution in [2.24, 2.45) is 0 Å². The summed E-state index contributed by atoms with van der Waals surface area (Å²) in [6.07, 6.45) is 1.71. The smallest absolute Gasteiger partial charge is 0.356 e. The Morgan fingerprint density at radius 2 is 1.63 bits per heavy atom. The van der Waals surface area contributed by atoms with Crippen molar-refractivity contribution >= 4 is 73.4 Å². The van der Waals surface area contributed by atoms with Gasteiger partial charge < -0.3 is 19.5 Å². The van der Waals surface area contributed by atoms with E-state index in [1.54, 1.807) is 0 Å². The molecule has 2 unspecified atom stereocenters. The van der Waals surface area contributed by atoms with Crippen molar-refractivity contribution in [3.63, 3.8) is 0 Å². The third kappa shape index (κ3) is 7.79. The van der Waals surface area contributed by atoms with Gasteiger partial charge in [-0.3, -0.25) is 19.3 Å². The molecule has 2 aromatic heterocycles. The van der Waals surface area contributed by atoms with Gasteiger partial charge in [0.15, 0.2) is 12.4 Å². The van der Waals surface area contributed by atoms with Gasteiger partial charge in [-0.05, 0) is 47.4 Å². The number of rotatable bonds is 12. The SMILES string of the molecule is O=C(Cc1ccccc1)NC1C(=O)N2C(C(=O)OC(c3ccccc3)c3ccccc3)=C(Sc3sc4ccsc4c(=O)c3COC3CCCCO3)CS[C@@H]12. The minimum Gasteiger partial charge on any atom is -0.448 e. The van der Waals surface area contributed by atoms with Crippen LogP contribution in [-0.2, 0) is 41.6 Å². The van der Waals surface area contributed by atoms with Crippen LogP contribution < -0.4 is 10.7 Å². The Balaban J connectivity index is 1.14. The van der Waals surface area contributed by atoms with E-state index in [0.29, 0.717) is 31.7 Å². The van der Waals surface area contributed by atoms with Crippen LogP contribution in [0.1, 0.15) is 47.6 Å². The van der Waals surface area contributed by atoms with Crippen LogP contribution in [0.25, 0.3) is 9.40 Å². The third-order valence-corrected chi connectivity index (χ3v) is 14.4. The first-order valence-corrected chi connectivity index (χ1v) is 21.3. The summed E-state index contributed by atoms with van der Waals surface area (Å²) in [5.74, 6) is -0.985. The van der Waals surface area contributed by atoms with Gasteiger partial charge in [0, 0.05) is 17.3 Å². The standard InChI is InChI=1S/C41H36N2O7S4/c44-31(22-25-12-4-1-5-13-25)42-33-38(46)43-34(40(47)50-36(26-14-6-2-7-15-26)27-16-8-3-9-17-27)30(24-52-39(33)43)54-41-28(23-49-32-18-10-11-20-48-32)35(45)37-29(53-41)19-21-51-37/h1-9,12-17,19,21,32-33,36,39H,10-11,18,20,22-24H2,(H,42,44)/t32?,33?,39-/m0/s1. The predicted octanol–water partition coefficient (Wildman–Crippen LogP) is 7.65. The predicted molar refractivity (Wildman–Crippen MR) is 213 cm³/mol. The number of nitrogens with zero attached hydrogens (tertiary/aromatic N) is 1. The molecule has 2 fully saturated rings. The van der Waals surface area contributed by atoms with Crippen LogP contribution in [0, 0.1) is 0 Å². The monoisotopic (exact) mass is 796 g/mol. The van der Waals surface area contributed by atoms with Gasteiger partial charge in [-0.1, -0.05) is 103 Å². The maximum Gasteiger partial charge on any atom is 0.356 e. The molecule has 9 nitrogen and oxygen atoms in total. The number of ether oxygens (including phenoxy) is 3.